The molecule has 0 bridgehead atoms. The molecule has 2 aromatic heterocycles. The van der Waals surface area contributed by atoms with Gasteiger partial charge in [-0.3, -0.25) is 14.5 Å². The maximum absolute atomic E-state index is 12.1. The molecule has 82 valence electrons. The van der Waals surface area contributed by atoms with E-state index in [-0.39, 0.29) is 5.78 Å². The van der Waals surface area contributed by atoms with Gasteiger partial charge in [0, 0.05) is 19.4 Å². The van der Waals surface area contributed by atoms with E-state index in [1.165, 1.54) is 0 Å². The van der Waals surface area contributed by atoms with Crippen LogP contribution in [0.1, 0.15) is 28.7 Å². The highest BCUT2D eigenvalue weighted by Gasteiger charge is 2.15. The molecule has 0 atom stereocenters. The lowest BCUT2D eigenvalue weighted by molar-refractivity contribution is 0.102. The fourth-order valence-corrected chi connectivity index (χ4v) is 1.59. The lowest BCUT2D eigenvalue weighted by Gasteiger charge is -2.02. The van der Waals surface area contributed by atoms with Gasteiger partial charge in [0.2, 0.25) is 5.78 Å². The molecule has 0 aliphatic carbocycles. The minimum Gasteiger partial charge on any atom is -0.285 e. The largest absolute Gasteiger partial charge is 0.285 e. The second-order valence-electron chi connectivity index (χ2n) is 3.57. The van der Waals surface area contributed by atoms with Crippen LogP contribution in [0.15, 0.2) is 30.6 Å². The molecule has 2 heterocycles. The van der Waals surface area contributed by atoms with Gasteiger partial charge in [0.05, 0.1) is 0 Å². The molecule has 0 saturated heterocycles. The first-order valence-corrected chi connectivity index (χ1v) is 5.20. The number of carbonyl (C=O) groups excluding carboxylic acids is 1. The van der Waals surface area contributed by atoms with Crippen molar-refractivity contribution in [2.24, 2.45) is 7.05 Å². The third kappa shape index (κ3) is 1.86. The van der Waals surface area contributed by atoms with Crippen LogP contribution in [0.25, 0.3) is 0 Å². The molecule has 0 fully saturated rings. The quantitative estimate of drug-likeness (QED) is 0.731. The van der Waals surface area contributed by atoms with E-state index < -0.39 is 0 Å². The summed E-state index contributed by atoms with van der Waals surface area (Å²) in [5.41, 5.74) is 1.90. The van der Waals surface area contributed by atoms with E-state index in [9.17, 15) is 4.79 Å². The Labute approximate surface area is 93.9 Å². The topological polar surface area (TPSA) is 47.8 Å². The first kappa shape index (κ1) is 10.5. The second-order valence-corrected chi connectivity index (χ2v) is 3.57. The number of carbonyl (C=O) groups is 1. The van der Waals surface area contributed by atoms with Crippen molar-refractivity contribution in [3.63, 3.8) is 0 Å². The number of ketones is 1. The summed E-state index contributed by atoms with van der Waals surface area (Å²) < 4.78 is 1.61. The average Bonchev–Trinajstić information content (AvgIpc) is 2.75. The third-order valence-electron chi connectivity index (χ3n) is 2.43. The van der Waals surface area contributed by atoms with E-state index in [0.717, 1.165) is 12.0 Å². The van der Waals surface area contributed by atoms with E-state index in [2.05, 4.69) is 10.1 Å². The van der Waals surface area contributed by atoms with Crippen molar-refractivity contribution in [2.45, 2.75) is 13.3 Å². The Hall–Kier alpha value is -1.97. The monoisotopic (exact) mass is 215 g/mol. The molecular weight excluding hydrogens is 202 g/mol. The van der Waals surface area contributed by atoms with E-state index in [1.807, 2.05) is 19.1 Å². The number of pyridine rings is 1. The van der Waals surface area contributed by atoms with Crippen molar-refractivity contribution >= 4 is 5.78 Å². The molecule has 4 nitrogen and oxygen atoms in total. The Balaban J connectivity index is 2.41. The number of rotatable bonds is 3. The molecule has 0 saturated carbocycles. The van der Waals surface area contributed by atoms with Gasteiger partial charge < -0.3 is 0 Å². The maximum Gasteiger partial charge on any atom is 0.231 e. The smallest absolute Gasteiger partial charge is 0.231 e. The SMILES string of the molecule is CCc1cccnc1C(=O)c1ccn(C)n1. The Morgan fingerprint density at radius 2 is 2.25 bits per heavy atom. The molecule has 2 aromatic rings. The summed E-state index contributed by atoms with van der Waals surface area (Å²) in [5, 5.41) is 4.09. The van der Waals surface area contributed by atoms with Gasteiger partial charge in [-0.2, -0.15) is 5.10 Å². The fraction of sp³-hybridized carbons (Fsp3) is 0.250. The summed E-state index contributed by atoms with van der Waals surface area (Å²) >= 11 is 0. The third-order valence-corrected chi connectivity index (χ3v) is 2.43. The summed E-state index contributed by atoms with van der Waals surface area (Å²) in [7, 11) is 1.79. The van der Waals surface area contributed by atoms with Crippen molar-refractivity contribution in [1.29, 1.82) is 0 Å². The summed E-state index contributed by atoms with van der Waals surface area (Å²) in [6.07, 6.45) is 4.18. The predicted molar refractivity (Wildman–Crippen MR) is 60.3 cm³/mol. The first-order valence-electron chi connectivity index (χ1n) is 5.20. The van der Waals surface area contributed by atoms with Crippen LogP contribution in [0.4, 0.5) is 0 Å². The Bertz CT molecular complexity index is 516. The molecule has 0 aliphatic rings. The van der Waals surface area contributed by atoms with E-state index >= 15 is 0 Å². The Morgan fingerprint density at radius 3 is 2.88 bits per heavy atom. The van der Waals surface area contributed by atoms with Crippen LogP contribution < -0.4 is 0 Å². The molecule has 0 radical (unpaired) electrons. The second kappa shape index (κ2) is 4.26. The van der Waals surface area contributed by atoms with Crippen molar-refractivity contribution in [3.05, 3.63) is 47.5 Å². The normalized spacial score (nSPS) is 10.4. The molecular formula is C12H13N3O. The van der Waals surface area contributed by atoms with Crippen LogP contribution in [0.5, 0.6) is 0 Å². The highest BCUT2D eigenvalue weighted by atomic mass is 16.1. The van der Waals surface area contributed by atoms with Crippen LogP contribution >= 0.6 is 0 Å². The summed E-state index contributed by atoms with van der Waals surface area (Å²) in [6, 6.07) is 5.47. The van der Waals surface area contributed by atoms with Crippen LogP contribution in [0.3, 0.4) is 0 Å². The maximum atomic E-state index is 12.1. The van der Waals surface area contributed by atoms with Crippen LogP contribution in [0.2, 0.25) is 0 Å². The van der Waals surface area contributed by atoms with Crippen molar-refractivity contribution < 1.29 is 4.79 Å². The zero-order valence-corrected chi connectivity index (χ0v) is 9.34. The molecule has 4 heteroatoms. The zero-order valence-electron chi connectivity index (χ0n) is 9.34. The molecule has 0 unspecified atom stereocenters. The summed E-state index contributed by atoms with van der Waals surface area (Å²) in [5.74, 6) is -0.113. The van der Waals surface area contributed by atoms with Gasteiger partial charge in [0.15, 0.2) is 0 Å². The number of aromatic nitrogens is 3. The van der Waals surface area contributed by atoms with Gasteiger partial charge in [-0.15, -0.1) is 0 Å². The molecule has 0 aromatic carbocycles. The summed E-state index contributed by atoms with van der Waals surface area (Å²) in [6.45, 7) is 2.01. The lowest BCUT2D eigenvalue weighted by atomic mass is 10.1. The van der Waals surface area contributed by atoms with Gasteiger partial charge in [-0.05, 0) is 24.1 Å². The van der Waals surface area contributed by atoms with Crippen molar-refractivity contribution in [3.8, 4) is 0 Å². The van der Waals surface area contributed by atoms with E-state index in [1.54, 1.807) is 30.2 Å². The standard InChI is InChI=1S/C12H13N3O/c1-3-9-5-4-7-13-11(9)12(16)10-6-8-15(2)14-10/h4-8H,3H2,1-2H3. The molecule has 0 aliphatic heterocycles. The Kier molecular flexibility index (Phi) is 2.81. The number of hydrogen-bond donors (Lipinski definition) is 0. The molecule has 0 spiro atoms. The number of nitrogens with zero attached hydrogens (tertiary/aromatic N) is 3. The van der Waals surface area contributed by atoms with Gasteiger partial charge in [-0.25, -0.2) is 0 Å². The minimum absolute atomic E-state index is 0.113. The highest BCUT2D eigenvalue weighted by Crippen LogP contribution is 2.11. The van der Waals surface area contributed by atoms with Crippen molar-refractivity contribution in [1.82, 2.24) is 14.8 Å². The van der Waals surface area contributed by atoms with Crippen molar-refractivity contribution in [2.75, 3.05) is 0 Å². The van der Waals surface area contributed by atoms with Gasteiger partial charge in [0.25, 0.3) is 0 Å². The lowest BCUT2D eigenvalue weighted by Crippen LogP contribution is -2.08. The average molecular weight is 215 g/mol. The van der Waals surface area contributed by atoms with Crippen LogP contribution in [-0.4, -0.2) is 20.5 Å². The Morgan fingerprint density at radius 1 is 1.44 bits per heavy atom. The number of hydrogen-bond acceptors (Lipinski definition) is 3. The molecule has 16 heavy (non-hydrogen) atoms. The molecule has 0 amide bonds. The van der Waals surface area contributed by atoms with Crippen LogP contribution in [-0.2, 0) is 13.5 Å². The number of aryl methyl sites for hydroxylation is 2. The molecule has 0 N–H and O–H groups in total. The molecule has 2 rings (SSSR count). The highest BCUT2D eigenvalue weighted by molar-refractivity contribution is 6.07. The van der Waals surface area contributed by atoms with Gasteiger partial charge in [-0.1, -0.05) is 13.0 Å². The first-order chi connectivity index (χ1) is 7.72. The van der Waals surface area contributed by atoms with Gasteiger partial charge >= 0.3 is 0 Å². The van der Waals surface area contributed by atoms with Gasteiger partial charge in [0.1, 0.15) is 11.4 Å². The summed E-state index contributed by atoms with van der Waals surface area (Å²) in [4.78, 5) is 16.2. The van der Waals surface area contributed by atoms with E-state index in [4.69, 9.17) is 0 Å². The van der Waals surface area contributed by atoms with Crippen LogP contribution in [0, 0.1) is 0 Å². The fourth-order valence-electron chi connectivity index (χ4n) is 1.59. The van der Waals surface area contributed by atoms with E-state index in [0.29, 0.717) is 11.4 Å². The predicted octanol–water partition coefficient (Wildman–Crippen LogP) is 1.61. The zero-order chi connectivity index (χ0) is 11.5. The minimum atomic E-state index is -0.113.